The lowest BCUT2D eigenvalue weighted by Gasteiger charge is -2.23. The molecule has 0 N–H and O–H groups in total. The zero-order chi connectivity index (χ0) is 12.5. The summed E-state index contributed by atoms with van der Waals surface area (Å²) in [6.07, 6.45) is 4.28. The van der Waals surface area contributed by atoms with Gasteiger partial charge in [-0.1, -0.05) is 0 Å². The van der Waals surface area contributed by atoms with E-state index in [1.807, 2.05) is 30.5 Å². The molecule has 0 spiro atoms. The molecule has 0 saturated carbocycles. The first-order valence-electron chi connectivity index (χ1n) is 6.36. The number of anilines is 1. The summed E-state index contributed by atoms with van der Waals surface area (Å²) in [5, 5.41) is 0. The van der Waals surface area contributed by atoms with Gasteiger partial charge < -0.3 is 4.90 Å². The molecule has 3 nitrogen and oxygen atoms in total. The fourth-order valence-electron chi connectivity index (χ4n) is 2.51. The molecular formula is C14H17N3S. The Morgan fingerprint density at radius 2 is 2.17 bits per heavy atom. The topological polar surface area (TPSA) is 29.0 Å². The molecule has 1 unspecified atom stereocenters. The molecule has 1 atom stereocenters. The molecule has 0 bridgehead atoms. The molecule has 1 aliphatic heterocycles. The second kappa shape index (κ2) is 4.69. The van der Waals surface area contributed by atoms with Crippen LogP contribution in [0.4, 0.5) is 5.95 Å². The van der Waals surface area contributed by atoms with E-state index in [1.54, 1.807) is 0 Å². The zero-order valence-corrected chi connectivity index (χ0v) is 11.6. The highest BCUT2D eigenvalue weighted by Crippen LogP contribution is 2.37. The third-order valence-electron chi connectivity index (χ3n) is 3.38. The summed E-state index contributed by atoms with van der Waals surface area (Å²) in [5.74, 6) is 0.878. The number of aromatic nitrogens is 2. The Hall–Kier alpha value is -1.42. The van der Waals surface area contributed by atoms with Crippen molar-refractivity contribution in [3.05, 3.63) is 39.8 Å². The van der Waals surface area contributed by atoms with Crippen molar-refractivity contribution in [3.63, 3.8) is 0 Å². The quantitative estimate of drug-likeness (QED) is 0.826. The van der Waals surface area contributed by atoms with Crippen LogP contribution in [0.2, 0.25) is 0 Å². The first-order chi connectivity index (χ1) is 8.74. The van der Waals surface area contributed by atoms with E-state index in [0.29, 0.717) is 6.04 Å². The maximum Gasteiger partial charge on any atom is 0.226 e. The van der Waals surface area contributed by atoms with Gasteiger partial charge in [-0.05, 0) is 44.9 Å². The second-order valence-corrected chi connectivity index (χ2v) is 6.12. The Morgan fingerprint density at radius 3 is 2.89 bits per heavy atom. The molecule has 2 aromatic rings. The van der Waals surface area contributed by atoms with Gasteiger partial charge in [0.2, 0.25) is 5.95 Å². The van der Waals surface area contributed by atoms with Gasteiger partial charge >= 0.3 is 0 Å². The predicted octanol–water partition coefficient (Wildman–Crippen LogP) is 3.50. The molecule has 18 heavy (non-hydrogen) atoms. The monoisotopic (exact) mass is 259 g/mol. The minimum Gasteiger partial charge on any atom is -0.333 e. The van der Waals surface area contributed by atoms with Crippen LogP contribution in [0.25, 0.3) is 0 Å². The lowest BCUT2D eigenvalue weighted by Crippen LogP contribution is -2.24. The molecule has 0 radical (unpaired) electrons. The van der Waals surface area contributed by atoms with Gasteiger partial charge in [-0.3, -0.25) is 0 Å². The van der Waals surface area contributed by atoms with Crippen LogP contribution in [0, 0.1) is 13.8 Å². The van der Waals surface area contributed by atoms with Gasteiger partial charge in [-0.25, -0.2) is 9.97 Å². The summed E-state index contributed by atoms with van der Waals surface area (Å²) >= 11 is 1.89. The van der Waals surface area contributed by atoms with Gasteiger partial charge in [0.25, 0.3) is 0 Å². The van der Waals surface area contributed by atoms with Crippen molar-refractivity contribution in [3.8, 4) is 0 Å². The van der Waals surface area contributed by atoms with E-state index < -0.39 is 0 Å². The smallest absolute Gasteiger partial charge is 0.226 e. The van der Waals surface area contributed by atoms with Crippen LogP contribution in [0.1, 0.15) is 34.3 Å². The normalized spacial score (nSPS) is 19.4. The minimum absolute atomic E-state index is 0.463. The molecule has 0 aromatic carbocycles. The summed E-state index contributed by atoms with van der Waals surface area (Å²) in [5.41, 5.74) is 1.04. The summed E-state index contributed by atoms with van der Waals surface area (Å²) < 4.78 is 0. The Bertz CT molecular complexity index is 549. The molecular weight excluding hydrogens is 242 g/mol. The van der Waals surface area contributed by atoms with Crippen LogP contribution in [-0.4, -0.2) is 16.5 Å². The third-order valence-corrected chi connectivity index (χ3v) is 4.48. The van der Waals surface area contributed by atoms with Gasteiger partial charge in [0.15, 0.2) is 0 Å². The van der Waals surface area contributed by atoms with E-state index in [1.165, 1.54) is 22.6 Å². The van der Waals surface area contributed by atoms with Crippen molar-refractivity contribution in [1.82, 2.24) is 9.97 Å². The Balaban J connectivity index is 1.92. The fraction of sp³-hybridized carbons (Fsp3) is 0.429. The average Bonchev–Trinajstić information content (AvgIpc) is 2.96. The first-order valence-corrected chi connectivity index (χ1v) is 7.18. The van der Waals surface area contributed by atoms with E-state index in [0.717, 1.165) is 18.2 Å². The largest absolute Gasteiger partial charge is 0.333 e. The Kier molecular flexibility index (Phi) is 3.04. The number of hydrogen-bond donors (Lipinski definition) is 0. The summed E-state index contributed by atoms with van der Waals surface area (Å²) in [6, 6.07) is 6.86. The molecule has 1 aliphatic rings. The Morgan fingerprint density at radius 1 is 1.28 bits per heavy atom. The van der Waals surface area contributed by atoms with Crippen LogP contribution in [0.3, 0.4) is 0 Å². The number of aryl methyl sites for hydroxylation is 2. The van der Waals surface area contributed by atoms with Gasteiger partial charge in [0.05, 0.1) is 6.04 Å². The third kappa shape index (κ3) is 2.12. The number of rotatable bonds is 2. The zero-order valence-electron chi connectivity index (χ0n) is 10.8. The highest BCUT2D eigenvalue weighted by atomic mass is 32.1. The molecule has 2 aromatic heterocycles. The summed E-state index contributed by atoms with van der Waals surface area (Å²) in [6.45, 7) is 5.24. The SMILES string of the molecule is Cc1ccnc(N2CCCC2c2ccc(C)s2)n1. The van der Waals surface area contributed by atoms with Gasteiger partial charge in [0, 0.05) is 28.2 Å². The Labute approximate surface area is 112 Å². The van der Waals surface area contributed by atoms with Crippen molar-refractivity contribution in [2.24, 2.45) is 0 Å². The minimum atomic E-state index is 0.463. The van der Waals surface area contributed by atoms with Crippen LogP contribution in [-0.2, 0) is 0 Å². The van der Waals surface area contributed by atoms with Crippen LogP contribution >= 0.6 is 11.3 Å². The van der Waals surface area contributed by atoms with Crippen LogP contribution < -0.4 is 4.90 Å². The number of hydrogen-bond acceptors (Lipinski definition) is 4. The molecule has 94 valence electrons. The molecule has 1 fully saturated rings. The standard InChI is InChI=1S/C14H17N3S/c1-10-7-8-15-14(16-10)17-9-3-4-12(17)13-6-5-11(2)18-13/h5-8,12H,3-4,9H2,1-2H3. The molecule has 3 heterocycles. The highest BCUT2D eigenvalue weighted by molar-refractivity contribution is 7.12. The maximum absolute atomic E-state index is 4.56. The molecule has 0 amide bonds. The summed E-state index contributed by atoms with van der Waals surface area (Å²) in [4.78, 5) is 14.1. The van der Waals surface area contributed by atoms with E-state index in [4.69, 9.17) is 0 Å². The number of nitrogens with zero attached hydrogens (tertiary/aromatic N) is 3. The highest BCUT2D eigenvalue weighted by Gasteiger charge is 2.28. The maximum atomic E-state index is 4.56. The van der Waals surface area contributed by atoms with Crippen LogP contribution in [0.5, 0.6) is 0 Å². The van der Waals surface area contributed by atoms with Crippen molar-refractivity contribution >= 4 is 17.3 Å². The van der Waals surface area contributed by atoms with E-state index in [2.05, 4.69) is 33.9 Å². The molecule has 1 saturated heterocycles. The van der Waals surface area contributed by atoms with Gasteiger partial charge in [-0.2, -0.15) is 0 Å². The van der Waals surface area contributed by atoms with Crippen molar-refractivity contribution in [2.45, 2.75) is 32.7 Å². The molecule has 4 heteroatoms. The van der Waals surface area contributed by atoms with E-state index in [9.17, 15) is 0 Å². The van der Waals surface area contributed by atoms with E-state index in [-0.39, 0.29) is 0 Å². The second-order valence-electron chi connectivity index (χ2n) is 4.80. The fourth-order valence-corrected chi connectivity index (χ4v) is 3.53. The lowest BCUT2D eigenvalue weighted by atomic mass is 10.2. The average molecular weight is 259 g/mol. The van der Waals surface area contributed by atoms with Crippen molar-refractivity contribution in [2.75, 3.05) is 11.4 Å². The molecule has 0 aliphatic carbocycles. The first kappa shape index (κ1) is 11.7. The summed E-state index contributed by atoms with van der Waals surface area (Å²) in [7, 11) is 0. The van der Waals surface area contributed by atoms with Crippen molar-refractivity contribution < 1.29 is 0 Å². The van der Waals surface area contributed by atoms with E-state index >= 15 is 0 Å². The molecule has 3 rings (SSSR count). The van der Waals surface area contributed by atoms with Gasteiger partial charge in [0.1, 0.15) is 0 Å². The van der Waals surface area contributed by atoms with Gasteiger partial charge in [-0.15, -0.1) is 11.3 Å². The predicted molar refractivity (Wildman–Crippen MR) is 75.1 cm³/mol. The van der Waals surface area contributed by atoms with Crippen LogP contribution in [0.15, 0.2) is 24.4 Å². The lowest BCUT2D eigenvalue weighted by molar-refractivity contribution is 0.713. The number of thiophene rings is 1. The van der Waals surface area contributed by atoms with Crippen molar-refractivity contribution in [1.29, 1.82) is 0 Å².